The molecule has 0 N–H and O–H groups in total. The predicted octanol–water partition coefficient (Wildman–Crippen LogP) is 6.40. The molecular formula is C35H36N4O2. The molecule has 0 radical (unpaired) electrons. The van der Waals surface area contributed by atoms with Gasteiger partial charge in [0.05, 0.1) is 5.69 Å². The van der Waals surface area contributed by atoms with Crippen molar-refractivity contribution in [1.29, 1.82) is 0 Å². The number of imidazole rings is 1. The summed E-state index contributed by atoms with van der Waals surface area (Å²) in [5.74, 6) is 0.774. The summed E-state index contributed by atoms with van der Waals surface area (Å²) in [7, 11) is 0. The molecule has 6 nitrogen and oxygen atoms in total. The summed E-state index contributed by atoms with van der Waals surface area (Å²) in [5, 5.41) is 0. The first-order chi connectivity index (χ1) is 20.1. The molecule has 0 saturated carbocycles. The predicted molar refractivity (Wildman–Crippen MR) is 164 cm³/mol. The number of aryl methyl sites for hydroxylation is 2. The molecule has 2 aromatic heterocycles. The van der Waals surface area contributed by atoms with E-state index >= 15 is 0 Å². The van der Waals surface area contributed by atoms with Crippen molar-refractivity contribution in [2.45, 2.75) is 32.8 Å². The third kappa shape index (κ3) is 5.68. The second-order valence-electron chi connectivity index (χ2n) is 10.8. The second kappa shape index (κ2) is 11.9. The van der Waals surface area contributed by atoms with Crippen LogP contribution in [0.1, 0.15) is 40.3 Å². The highest BCUT2D eigenvalue weighted by atomic mass is 16.5. The number of benzene rings is 3. The minimum atomic E-state index is -0.127. The number of ether oxygens (including phenoxy) is 1. The summed E-state index contributed by atoms with van der Waals surface area (Å²) in [6, 6.07) is 30.9. The molecule has 1 fully saturated rings. The minimum absolute atomic E-state index is 0.127. The van der Waals surface area contributed by atoms with Gasteiger partial charge in [-0.3, -0.25) is 4.79 Å². The lowest BCUT2D eigenvalue weighted by atomic mass is 9.89. The third-order valence-electron chi connectivity index (χ3n) is 8.15. The van der Waals surface area contributed by atoms with E-state index < -0.39 is 0 Å². The Morgan fingerprint density at radius 1 is 0.829 bits per heavy atom. The number of fused-ring (bicyclic) bond motifs is 1. The normalized spacial score (nSPS) is 14.3. The summed E-state index contributed by atoms with van der Waals surface area (Å²) in [6.45, 7) is 7.85. The molecule has 1 aliphatic heterocycles. The lowest BCUT2D eigenvalue weighted by Crippen LogP contribution is -2.49. The van der Waals surface area contributed by atoms with Gasteiger partial charge in [0, 0.05) is 56.6 Å². The summed E-state index contributed by atoms with van der Waals surface area (Å²) in [5.41, 5.74) is 7.70. The summed E-state index contributed by atoms with van der Waals surface area (Å²) < 4.78 is 8.28. The van der Waals surface area contributed by atoms with E-state index in [0.29, 0.717) is 13.0 Å². The quantitative estimate of drug-likeness (QED) is 0.227. The van der Waals surface area contributed by atoms with Gasteiger partial charge in [0.15, 0.2) is 11.4 Å². The maximum atomic E-state index is 13.8. The molecule has 3 aromatic carbocycles. The van der Waals surface area contributed by atoms with Crippen LogP contribution in [-0.4, -0.2) is 46.4 Å². The number of carbonyl (C=O) groups is 1. The molecule has 1 unspecified atom stereocenters. The van der Waals surface area contributed by atoms with E-state index in [-0.39, 0.29) is 11.8 Å². The van der Waals surface area contributed by atoms with Crippen molar-refractivity contribution in [1.82, 2.24) is 14.3 Å². The maximum Gasteiger partial charge on any atom is 0.223 e. The van der Waals surface area contributed by atoms with Crippen LogP contribution in [0.15, 0.2) is 103 Å². The third-order valence-corrected chi connectivity index (χ3v) is 8.15. The Bertz CT molecular complexity index is 1640. The number of hydrogen-bond acceptors (Lipinski definition) is 4. The summed E-state index contributed by atoms with van der Waals surface area (Å²) in [4.78, 5) is 23.0. The fourth-order valence-corrected chi connectivity index (χ4v) is 5.88. The molecule has 208 valence electrons. The lowest BCUT2D eigenvalue weighted by Gasteiger charge is -2.37. The lowest BCUT2D eigenvalue weighted by molar-refractivity contribution is -0.131. The Balaban J connectivity index is 1.24. The van der Waals surface area contributed by atoms with Gasteiger partial charge in [-0.15, -0.1) is 0 Å². The van der Waals surface area contributed by atoms with Crippen molar-refractivity contribution in [3.05, 3.63) is 131 Å². The average molecular weight is 545 g/mol. The number of nitrogens with zero attached hydrogens (tertiary/aromatic N) is 4. The molecule has 6 heteroatoms. The molecule has 1 aliphatic rings. The molecule has 1 saturated heterocycles. The maximum absolute atomic E-state index is 13.8. The minimum Gasteiger partial charge on any atom is -0.485 e. The molecule has 0 spiro atoms. The Morgan fingerprint density at radius 3 is 2.29 bits per heavy atom. The number of hydrogen-bond donors (Lipinski definition) is 0. The van der Waals surface area contributed by atoms with Gasteiger partial charge in [0.2, 0.25) is 5.91 Å². The first-order valence-corrected chi connectivity index (χ1v) is 14.3. The van der Waals surface area contributed by atoms with Crippen molar-refractivity contribution in [2.24, 2.45) is 0 Å². The number of aromatic nitrogens is 2. The first-order valence-electron chi connectivity index (χ1n) is 14.3. The molecule has 1 amide bonds. The Hall–Kier alpha value is -4.58. The highest BCUT2D eigenvalue weighted by Gasteiger charge is 2.28. The fraction of sp³-hybridized carbons (Fsp3) is 0.257. The molecular weight excluding hydrogens is 508 g/mol. The number of para-hydroxylation sites is 1. The van der Waals surface area contributed by atoms with Crippen LogP contribution in [0.25, 0.3) is 5.65 Å². The summed E-state index contributed by atoms with van der Waals surface area (Å²) >= 11 is 0. The van der Waals surface area contributed by atoms with Crippen molar-refractivity contribution >= 4 is 17.2 Å². The van der Waals surface area contributed by atoms with Crippen LogP contribution in [0.3, 0.4) is 0 Å². The number of carbonyl (C=O) groups excluding carboxylic acids is 1. The smallest absolute Gasteiger partial charge is 0.223 e. The van der Waals surface area contributed by atoms with Crippen LogP contribution in [0.5, 0.6) is 5.75 Å². The molecule has 5 aromatic rings. The number of rotatable bonds is 8. The highest BCUT2D eigenvalue weighted by Crippen LogP contribution is 2.33. The Labute approximate surface area is 241 Å². The van der Waals surface area contributed by atoms with E-state index in [1.807, 2.05) is 53.7 Å². The van der Waals surface area contributed by atoms with E-state index in [0.717, 1.165) is 54.4 Å². The van der Waals surface area contributed by atoms with Crippen molar-refractivity contribution in [3.63, 3.8) is 0 Å². The molecule has 41 heavy (non-hydrogen) atoms. The standard InChI is InChI=1S/C35H36N4O2/c1-26-11-6-8-15-29(26)30(23-34(40)38-21-19-37(20-22-38)31-16-9-7-12-27(31)2)32-24-36-35-33(17-10-18-39(32)35)41-25-28-13-4-3-5-14-28/h3-18,24,30H,19-23,25H2,1-2H3. The van der Waals surface area contributed by atoms with Crippen molar-refractivity contribution in [3.8, 4) is 5.75 Å². The second-order valence-corrected chi connectivity index (χ2v) is 10.8. The zero-order chi connectivity index (χ0) is 28.2. The van der Waals surface area contributed by atoms with Crippen LogP contribution in [-0.2, 0) is 11.4 Å². The van der Waals surface area contributed by atoms with Crippen LogP contribution in [0.2, 0.25) is 0 Å². The summed E-state index contributed by atoms with van der Waals surface area (Å²) in [6.07, 6.45) is 4.31. The van der Waals surface area contributed by atoms with Crippen LogP contribution in [0.4, 0.5) is 5.69 Å². The largest absolute Gasteiger partial charge is 0.485 e. The molecule has 1 atom stereocenters. The van der Waals surface area contributed by atoms with Crippen LogP contribution >= 0.6 is 0 Å². The van der Waals surface area contributed by atoms with Gasteiger partial charge < -0.3 is 18.9 Å². The van der Waals surface area contributed by atoms with Crippen LogP contribution in [0, 0.1) is 13.8 Å². The van der Waals surface area contributed by atoms with Crippen molar-refractivity contribution in [2.75, 3.05) is 31.1 Å². The van der Waals surface area contributed by atoms with Gasteiger partial charge in [-0.05, 0) is 54.3 Å². The zero-order valence-corrected chi connectivity index (χ0v) is 23.7. The van der Waals surface area contributed by atoms with E-state index in [9.17, 15) is 4.79 Å². The number of pyridine rings is 1. The first kappa shape index (κ1) is 26.6. The van der Waals surface area contributed by atoms with Crippen LogP contribution < -0.4 is 9.64 Å². The Kier molecular flexibility index (Phi) is 7.72. The van der Waals surface area contributed by atoms with Gasteiger partial charge in [-0.2, -0.15) is 0 Å². The van der Waals surface area contributed by atoms with Gasteiger partial charge in [-0.1, -0.05) is 72.8 Å². The monoisotopic (exact) mass is 544 g/mol. The highest BCUT2D eigenvalue weighted by molar-refractivity contribution is 5.78. The van der Waals surface area contributed by atoms with E-state index in [1.54, 1.807) is 0 Å². The molecule has 0 aliphatic carbocycles. The number of amides is 1. The molecule has 0 bridgehead atoms. The van der Waals surface area contributed by atoms with Crippen molar-refractivity contribution < 1.29 is 9.53 Å². The molecule has 3 heterocycles. The zero-order valence-electron chi connectivity index (χ0n) is 23.7. The van der Waals surface area contributed by atoms with Gasteiger partial charge >= 0.3 is 0 Å². The van der Waals surface area contributed by atoms with Gasteiger partial charge in [0.25, 0.3) is 0 Å². The van der Waals surface area contributed by atoms with Gasteiger partial charge in [0.1, 0.15) is 6.61 Å². The Morgan fingerprint density at radius 2 is 1.54 bits per heavy atom. The average Bonchev–Trinajstić information content (AvgIpc) is 3.45. The SMILES string of the molecule is Cc1ccccc1C(CC(=O)N1CCN(c2ccccc2C)CC1)c1cnc2c(OCc3ccccc3)cccn12. The topological polar surface area (TPSA) is 50.1 Å². The van der Waals surface area contributed by atoms with Gasteiger partial charge in [-0.25, -0.2) is 4.98 Å². The molecule has 6 rings (SSSR count). The number of anilines is 1. The van der Waals surface area contributed by atoms with E-state index in [2.05, 4.69) is 77.7 Å². The fourth-order valence-electron chi connectivity index (χ4n) is 5.88. The van der Waals surface area contributed by atoms with E-state index in [4.69, 9.17) is 9.72 Å². The van der Waals surface area contributed by atoms with E-state index in [1.165, 1.54) is 16.8 Å². The number of piperazine rings is 1.